The lowest BCUT2D eigenvalue weighted by molar-refractivity contribution is 0.510. The standard InChI is InChI=1S/C19H23ClN6S/c1-3-18-25-16(13-27-18)11-22-19(21-2)23-12-17(26-10-4-9-24-26)14-5-7-15(20)8-6-14/h4-10,13,17H,3,11-12H2,1-2H3,(H2,21,22,23). The topological polar surface area (TPSA) is 67.1 Å². The number of aryl methyl sites for hydroxylation is 1. The molecule has 2 aromatic heterocycles. The zero-order valence-corrected chi connectivity index (χ0v) is 17.0. The second-order valence-electron chi connectivity index (χ2n) is 5.95. The zero-order chi connectivity index (χ0) is 19.1. The smallest absolute Gasteiger partial charge is 0.191 e. The molecular weight excluding hydrogens is 380 g/mol. The Morgan fingerprint density at radius 2 is 2.11 bits per heavy atom. The summed E-state index contributed by atoms with van der Waals surface area (Å²) in [5.41, 5.74) is 2.15. The van der Waals surface area contributed by atoms with Crippen molar-refractivity contribution in [2.24, 2.45) is 4.99 Å². The molecule has 142 valence electrons. The first-order chi connectivity index (χ1) is 13.2. The van der Waals surface area contributed by atoms with Gasteiger partial charge in [-0.1, -0.05) is 30.7 Å². The highest BCUT2D eigenvalue weighted by Crippen LogP contribution is 2.19. The largest absolute Gasteiger partial charge is 0.354 e. The number of hydrogen-bond donors (Lipinski definition) is 2. The Labute approximate surface area is 168 Å². The van der Waals surface area contributed by atoms with E-state index in [2.05, 4.69) is 38.0 Å². The van der Waals surface area contributed by atoms with Crippen molar-refractivity contribution in [2.45, 2.75) is 25.9 Å². The molecule has 0 aliphatic carbocycles. The summed E-state index contributed by atoms with van der Waals surface area (Å²) in [6.45, 7) is 3.40. The van der Waals surface area contributed by atoms with Gasteiger partial charge in [-0.2, -0.15) is 5.10 Å². The molecule has 8 heteroatoms. The van der Waals surface area contributed by atoms with Crippen molar-refractivity contribution in [3.63, 3.8) is 0 Å². The van der Waals surface area contributed by atoms with Gasteiger partial charge in [0.2, 0.25) is 0 Å². The molecule has 0 fully saturated rings. The van der Waals surface area contributed by atoms with Gasteiger partial charge < -0.3 is 10.6 Å². The summed E-state index contributed by atoms with van der Waals surface area (Å²) in [6.07, 6.45) is 4.70. The summed E-state index contributed by atoms with van der Waals surface area (Å²) in [7, 11) is 1.76. The van der Waals surface area contributed by atoms with Crippen molar-refractivity contribution in [3.8, 4) is 0 Å². The van der Waals surface area contributed by atoms with E-state index in [-0.39, 0.29) is 6.04 Å². The predicted molar refractivity (Wildman–Crippen MR) is 112 cm³/mol. The highest BCUT2D eigenvalue weighted by atomic mass is 35.5. The second-order valence-corrected chi connectivity index (χ2v) is 7.33. The van der Waals surface area contributed by atoms with Crippen LogP contribution in [0.25, 0.3) is 0 Å². The van der Waals surface area contributed by atoms with Crippen LogP contribution in [-0.4, -0.2) is 34.3 Å². The van der Waals surface area contributed by atoms with E-state index in [1.807, 2.05) is 41.2 Å². The Balaban J connectivity index is 1.63. The van der Waals surface area contributed by atoms with Crippen LogP contribution in [0, 0.1) is 0 Å². The van der Waals surface area contributed by atoms with Crippen LogP contribution in [0.2, 0.25) is 5.02 Å². The lowest BCUT2D eigenvalue weighted by Crippen LogP contribution is -2.40. The molecule has 0 aliphatic rings. The van der Waals surface area contributed by atoms with E-state index < -0.39 is 0 Å². The van der Waals surface area contributed by atoms with Gasteiger partial charge in [0, 0.05) is 36.4 Å². The van der Waals surface area contributed by atoms with Crippen molar-refractivity contribution in [1.29, 1.82) is 0 Å². The summed E-state index contributed by atoms with van der Waals surface area (Å²) in [6, 6.07) is 9.79. The molecule has 6 nitrogen and oxygen atoms in total. The maximum Gasteiger partial charge on any atom is 0.191 e. The van der Waals surface area contributed by atoms with E-state index in [0.717, 1.165) is 33.7 Å². The molecule has 0 bridgehead atoms. The fourth-order valence-corrected chi connectivity index (χ4v) is 3.57. The molecule has 0 aliphatic heterocycles. The van der Waals surface area contributed by atoms with Crippen molar-refractivity contribution in [2.75, 3.05) is 13.6 Å². The molecule has 2 N–H and O–H groups in total. The van der Waals surface area contributed by atoms with Crippen molar-refractivity contribution in [3.05, 3.63) is 69.4 Å². The number of nitrogens with one attached hydrogen (secondary N) is 2. The van der Waals surface area contributed by atoms with Crippen molar-refractivity contribution >= 4 is 28.9 Å². The first-order valence-electron chi connectivity index (χ1n) is 8.82. The molecule has 3 rings (SSSR count). The third-order valence-electron chi connectivity index (χ3n) is 4.12. The van der Waals surface area contributed by atoms with E-state index in [9.17, 15) is 0 Å². The molecular formula is C19H23ClN6S. The Morgan fingerprint density at radius 1 is 1.30 bits per heavy atom. The first kappa shape index (κ1) is 19.4. The average molecular weight is 403 g/mol. The van der Waals surface area contributed by atoms with Gasteiger partial charge in [-0.25, -0.2) is 4.98 Å². The number of thiazole rings is 1. The monoisotopic (exact) mass is 402 g/mol. The minimum absolute atomic E-state index is 0.0294. The lowest BCUT2D eigenvalue weighted by Gasteiger charge is -2.20. The van der Waals surface area contributed by atoms with Gasteiger partial charge in [0.05, 0.1) is 23.3 Å². The Morgan fingerprint density at radius 3 is 2.74 bits per heavy atom. The number of hydrogen-bond acceptors (Lipinski definition) is 4. The number of halogens is 1. The maximum atomic E-state index is 6.03. The fraction of sp³-hybridized carbons (Fsp3) is 0.316. The van der Waals surface area contributed by atoms with E-state index in [0.29, 0.717) is 13.1 Å². The van der Waals surface area contributed by atoms with Gasteiger partial charge in [0.1, 0.15) is 0 Å². The van der Waals surface area contributed by atoms with Gasteiger partial charge in [-0.05, 0) is 30.2 Å². The van der Waals surface area contributed by atoms with Crippen LogP contribution in [0.1, 0.15) is 29.2 Å². The van der Waals surface area contributed by atoms with Crippen molar-refractivity contribution < 1.29 is 0 Å². The zero-order valence-electron chi connectivity index (χ0n) is 15.4. The van der Waals surface area contributed by atoms with Gasteiger partial charge in [0.15, 0.2) is 5.96 Å². The normalized spacial score (nSPS) is 12.8. The van der Waals surface area contributed by atoms with Crippen LogP contribution in [0.5, 0.6) is 0 Å². The van der Waals surface area contributed by atoms with E-state index >= 15 is 0 Å². The summed E-state index contributed by atoms with van der Waals surface area (Å²) < 4.78 is 1.93. The minimum atomic E-state index is 0.0294. The van der Waals surface area contributed by atoms with E-state index in [4.69, 9.17) is 11.6 Å². The van der Waals surface area contributed by atoms with Crippen LogP contribution < -0.4 is 10.6 Å². The van der Waals surface area contributed by atoms with Crippen LogP contribution in [0.4, 0.5) is 0 Å². The minimum Gasteiger partial charge on any atom is -0.354 e. The summed E-state index contributed by atoms with van der Waals surface area (Å²) in [5.74, 6) is 0.729. The van der Waals surface area contributed by atoms with Crippen molar-refractivity contribution in [1.82, 2.24) is 25.4 Å². The number of guanidine groups is 1. The summed E-state index contributed by atoms with van der Waals surface area (Å²) in [5, 5.41) is 15.1. The average Bonchev–Trinajstić information content (AvgIpc) is 3.37. The third-order valence-corrected chi connectivity index (χ3v) is 5.42. The Hall–Kier alpha value is -2.38. The lowest BCUT2D eigenvalue weighted by atomic mass is 10.1. The molecule has 1 aromatic carbocycles. The molecule has 0 radical (unpaired) electrons. The maximum absolute atomic E-state index is 6.03. The quantitative estimate of drug-likeness (QED) is 0.468. The molecule has 0 spiro atoms. The SMILES string of the molecule is CCc1nc(CNC(=NC)NCC(c2ccc(Cl)cc2)n2cccn2)cs1. The molecule has 3 aromatic rings. The van der Waals surface area contributed by atoms with Crippen LogP contribution in [-0.2, 0) is 13.0 Å². The van der Waals surface area contributed by atoms with Gasteiger partial charge >= 0.3 is 0 Å². The Bertz CT molecular complexity index is 857. The van der Waals surface area contributed by atoms with Crippen LogP contribution in [0.3, 0.4) is 0 Å². The highest BCUT2D eigenvalue weighted by Gasteiger charge is 2.15. The third kappa shape index (κ3) is 5.30. The molecule has 0 saturated heterocycles. The molecule has 0 amide bonds. The number of benzene rings is 1. The predicted octanol–water partition coefficient (Wildman–Crippen LogP) is 3.51. The highest BCUT2D eigenvalue weighted by molar-refractivity contribution is 7.09. The van der Waals surface area contributed by atoms with Crippen LogP contribution >= 0.6 is 22.9 Å². The molecule has 1 unspecified atom stereocenters. The van der Waals surface area contributed by atoms with Gasteiger partial charge in [-0.3, -0.25) is 9.67 Å². The first-order valence-corrected chi connectivity index (χ1v) is 10.1. The van der Waals surface area contributed by atoms with Crippen LogP contribution in [0.15, 0.2) is 53.1 Å². The van der Waals surface area contributed by atoms with Gasteiger partial charge in [0.25, 0.3) is 0 Å². The van der Waals surface area contributed by atoms with E-state index in [1.54, 1.807) is 24.6 Å². The molecule has 27 heavy (non-hydrogen) atoms. The number of rotatable bonds is 7. The number of aromatic nitrogens is 3. The second kappa shape index (κ2) is 9.53. The number of aliphatic imine (C=N–C) groups is 1. The van der Waals surface area contributed by atoms with E-state index in [1.165, 1.54) is 0 Å². The molecule has 0 saturated carbocycles. The fourth-order valence-electron chi connectivity index (χ4n) is 2.69. The molecule has 1 atom stereocenters. The summed E-state index contributed by atoms with van der Waals surface area (Å²) >= 11 is 7.72. The van der Waals surface area contributed by atoms with Gasteiger partial charge in [-0.15, -0.1) is 11.3 Å². The number of nitrogens with zero attached hydrogens (tertiary/aromatic N) is 4. The Kier molecular flexibility index (Phi) is 6.84. The summed E-state index contributed by atoms with van der Waals surface area (Å²) in [4.78, 5) is 8.88. The molecule has 2 heterocycles.